The summed E-state index contributed by atoms with van der Waals surface area (Å²) < 4.78 is 10.2. The molecule has 1 aliphatic heterocycles. The summed E-state index contributed by atoms with van der Waals surface area (Å²) in [4.78, 5) is 18.5. The number of aromatic nitrogens is 1. The summed E-state index contributed by atoms with van der Waals surface area (Å²) in [6.07, 6.45) is 4.61. The molecule has 0 aromatic carbocycles. The first-order valence-corrected chi connectivity index (χ1v) is 6.46. The van der Waals surface area contributed by atoms with Gasteiger partial charge in [0.2, 0.25) is 0 Å². The highest BCUT2D eigenvalue weighted by atomic mass is 16.5. The molecule has 3 heterocycles. The van der Waals surface area contributed by atoms with Crippen molar-refractivity contribution in [2.24, 2.45) is 0 Å². The van der Waals surface area contributed by atoms with E-state index in [0.29, 0.717) is 24.5 Å². The molecule has 1 saturated heterocycles. The van der Waals surface area contributed by atoms with E-state index in [1.165, 1.54) is 12.5 Å². The van der Waals surface area contributed by atoms with Crippen molar-refractivity contribution in [1.29, 1.82) is 0 Å². The number of furan rings is 1. The van der Waals surface area contributed by atoms with Crippen molar-refractivity contribution < 1.29 is 13.9 Å². The molecule has 0 saturated carbocycles. The Hall–Kier alpha value is -2.34. The fourth-order valence-corrected chi connectivity index (χ4v) is 2.11. The number of nitrogens with zero attached hydrogens (tertiary/aromatic N) is 2. The number of rotatable bonds is 3. The van der Waals surface area contributed by atoms with E-state index in [-0.39, 0.29) is 5.91 Å². The van der Waals surface area contributed by atoms with Gasteiger partial charge in [-0.1, -0.05) is 0 Å². The van der Waals surface area contributed by atoms with Gasteiger partial charge in [-0.2, -0.15) is 0 Å². The number of pyridine rings is 1. The highest BCUT2D eigenvalue weighted by Gasteiger charge is 2.17. The third kappa shape index (κ3) is 2.65. The van der Waals surface area contributed by atoms with Crippen LogP contribution in [0.25, 0.3) is 0 Å². The second-order valence-corrected chi connectivity index (χ2v) is 4.44. The van der Waals surface area contributed by atoms with Crippen molar-refractivity contribution in [1.82, 2.24) is 4.98 Å². The molecule has 20 heavy (non-hydrogen) atoms. The fraction of sp³-hybridized carbons (Fsp3) is 0.286. The highest BCUT2D eigenvalue weighted by Crippen LogP contribution is 2.24. The van der Waals surface area contributed by atoms with Gasteiger partial charge in [-0.05, 0) is 18.2 Å². The Labute approximate surface area is 116 Å². The topological polar surface area (TPSA) is 67.6 Å². The van der Waals surface area contributed by atoms with E-state index >= 15 is 0 Å². The van der Waals surface area contributed by atoms with Gasteiger partial charge in [-0.15, -0.1) is 0 Å². The maximum atomic E-state index is 12.1. The predicted octanol–water partition coefficient (Wildman–Crippen LogP) is 1.76. The molecule has 0 aliphatic carbocycles. The second-order valence-electron chi connectivity index (χ2n) is 4.44. The zero-order valence-corrected chi connectivity index (χ0v) is 10.9. The van der Waals surface area contributed by atoms with Crippen LogP contribution in [0.1, 0.15) is 10.4 Å². The summed E-state index contributed by atoms with van der Waals surface area (Å²) in [7, 11) is 0. The molecule has 2 aromatic rings. The number of amides is 1. The molecule has 1 N–H and O–H groups in total. The van der Waals surface area contributed by atoms with Gasteiger partial charge in [0.25, 0.3) is 5.91 Å². The number of carbonyl (C=O) groups excluding carboxylic acids is 1. The number of hydrogen-bond donors (Lipinski definition) is 1. The van der Waals surface area contributed by atoms with Crippen LogP contribution < -0.4 is 10.2 Å². The van der Waals surface area contributed by atoms with E-state index < -0.39 is 0 Å². The molecule has 6 heteroatoms. The summed E-state index contributed by atoms with van der Waals surface area (Å²) in [5.41, 5.74) is 1.18. The number of ether oxygens (including phenoxy) is 1. The van der Waals surface area contributed by atoms with Crippen LogP contribution in [0.3, 0.4) is 0 Å². The molecular formula is C14H15N3O3. The first-order valence-electron chi connectivity index (χ1n) is 6.46. The number of nitrogens with one attached hydrogen (secondary N) is 1. The van der Waals surface area contributed by atoms with E-state index in [4.69, 9.17) is 9.15 Å². The van der Waals surface area contributed by atoms with E-state index in [1.54, 1.807) is 18.3 Å². The smallest absolute Gasteiger partial charge is 0.259 e. The number of carbonyl (C=O) groups is 1. The van der Waals surface area contributed by atoms with Crippen LogP contribution >= 0.6 is 0 Å². The van der Waals surface area contributed by atoms with Gasteiger partial charge >= 0.3 is 0 Å². The van der Waals surface area contributed by atoms with E-state index in [0.717, 1.165) is 18.9 Å². The monoisotopic (exact) mass is 273 g/mol. The molecule has 3 rings (SSSR count). The van der Waals surface area contributed by atoms with Gasteiger partial charge in [0.15, 0.2) is 5.82 Å². The first-order chi connectivity index (χ1) is 9.84. The number of anilines is 2. The van der Waals surface area contributed by atoms with Crippen molar-refractivity contribution in [3.05, 3.63) is 42.5 Å². The molecule has 1 amide bonds. The van der Waals surface area contributed by atoms with E-state index in [1.807, 2.05) is 6.07 Å². The Balaban J connectivity index is 1.80. The number of hydrogen-bond acceptors (Lipinski definition) is 5. The van der Waals surface area contributed by atoms with E-state index in [2.05, 4.69) is 15.2 Å². The molecule has 1 fully saturated rings. The lowest BCUT2D eigenvalue weighted by atomic mass is 10.3. The van der Waals surface area contributed by atoms with Crippen LogP contribution in [0.15, 0.2) is 41.3 Å². The summed E-state index contributed by atoms with van der Waals surface area (Å²) in [6, 6.07) is 5.27. The zero-order valence-electron chi connectivity index (χ0n) is 10.9. The SMILES string of the molecule is O=C(Nc1cccnc1N1CCOCC1)c1ccoc1. The molecule has 104 valence electrons. The molecule has 0 atom stereocenters. The average Bonchev–Trinajstić information content (AvgIpc) is 3.03. The minimum absolute atomic E-state index is 0.207. The van der Waals surface area contributed by atoms with Crippen LogP contribution in [0.4, 0.5) is 11.5 Å². The van der Waals surface area contributed by atoms with Crippen LogP contribution in [0.5, 0.6) is 0 Å². The summed E-state index contributed by atoms with van der Waals surface area (Å²) in [5, 5.41) is 2.87. The Morgan fingerprint density at radius 1 is 1.30 bits per heavy atom. The van der Waals surface area contributed by atoms with Gasteiger partial charge in [0, 0.05) is 19.3 Å². The Kier molecular flexibility index (Phi) is 3.64. The maximum Gasteiger partial charge on any atom is 0.259 e. The summed E-state index contributed by atoms with van der Waals surface area (Å²) >= 11 is 0. The van der Waals surface area contributed by atoms with Gasteiger partial charge in [0.1, 0.15) is 6.26 Å². The van der Waals surface area contributed by atoms with E-state index in [9.17, 15) is 4.79 Å². The molecule has 0 unspecified atom stereocenters. The second kappa shape index (κ2) is 5.75. The van der Waals surface area contributed by atoms with Crippen molar-refractivity contribution in [3.8, 4) is 0 Å². The standard InChI is InChI=1S/C14H15N3O3/c18-14(11-3-7-20-10-11)16-12-2-1-4-15-13(12)17-5-8-19-9-6-17/h1-4,7,10H,5-6,8-9H2,(H,16,18). The predicted molar refractivity (Wildman–Crippen MR) is 73.9 cm³/mol. The number of morpholine rings is 1. The highest BCUT2D eigenvalue weighted by molar-refractivity contribution is 6.05. The third-order valence-corrected chi connectivity index (χ3v) is 3.13. The molecule has 1 aliphatic rings. The Morgan fingerprint density at radius 2 is 2.15 bits per heavy atom. The van der Waals surface area contributed by atoms with Crippen molar-refractivity contribution >= 4 is 17.4 Å². The lowest BCUT2D eigenvalue weighted by Crippen LogP contribution is -2.37. The lowest BCUT2D eigenvalue weighted by molar-refractivity contribution is 0.102. The summed E-state index contributed by atoms with van der Waals surface area (Å²) in [5.74, 6) is 0.564. The normalized spacial score (nSPS) is 15.1. The lowest BCUT2D eigenvalue weighted by Gasteiger charge is -2.29. The van der Waals surface area contributed by atoms with Crippen LogP contribution in [-0.2, 0) is 4.74 Å². The van der Waals surface area contributed by atoms with Gasteiger partial charge in [0.05, 0.1) is 30.7 Å². The molecule has 6 nitrogen and oxygen atoms in total. The molecule has 2 aromatic heterocycles. The molecule has 0 bridgehead atoms. The van der Waals surface area contributed by atoms with Gasteiger partial charge in [-0.25, -0.2) is 4.98 Å². The summed E-state index contributed by atoms with van der Waals surface area (Å²) in [6.45, 7) is 2.88. The molecule has 0 spiro atoms. The van der Waals surface area contributed by atoms with Gasteiger partial charge in [-0.3, -0.25) is 4.79 Å². The molecule has 0 radical (unpaired) electrons. The average molecular weight is 273 g/mol. The fourth-order valence-electron chi connectivity index (χ4n) is 2.11. The Bertz CT molecular complexity index is 577. The van der Waals surface area contributed by atoms with Crippen molar-refractivity contribution in [2.75, 3.05) is 36.5 Å². The maximum absolute atomic E-state index is 12.1. The molecular weight excluding hydrogens is 258 g/mol. The van der Waals surface area contributed by atoms with Crippen molar-refractivity contribution in [3.63, 3.8) is 0 Å². The minimum Gasteiger partial charge on any atom is -0.472 e. The third-order valence-electron chi connectivity index (χ3n) is 3.13. The Morgan fingerprint density at radius 3 is 2.90 bits per heavy atom. The van der Waals surface area contributed by atoms with Crippen LogP contribution in [0.2, 0.25) is 0 Å². The van der Waals surface area contributed by atoms with Crippen LogP contribution in [-0.4, -0.2) is 37.2 Å². The largest absolute Gasteiger partial charge is 0.472 e. The van der Waals surface area contributed by atoms with Gasteiger partial charge < -0.3 is 19.4 Å². The first kappa shape index (κ1) is 12.7. The minimum atomic E-state index is -0.207. The van der Waals surface area contributed by atoms with Crippen molar-refractivity contribution in [2.45, 2.75) is 0 Å². The van der Waals surface area contributed by atoms with Crippen LogP contribution in [0, 0.1) is 0 Å². The quantitative estimate of drug-likeness (QED) is 0.923. The zero-order chi connectivity index (χ0) is 13.8.